The van der Waals surface area contributed by atoms with Gasteiger partial charge in [-0.3, -0.25) is 0 Å². The van der Waals surface area contributed by atoms with E-state index in [-0.39, 0.29) is 18.8 Å². The van der Waals surface area contributed by atoms with Gasteiger partial charge in [-0.2, -0.15) is 0 Å². The maximum atomic E-state index is 7.24. The lowest BCUT2D eigenvalue weighted by Crippen LogP contribution is -2.65. The van der Waals surface area contributed by atoms with Crippen molar-refractivity contribution in [2.24, 2.45) is 0 Å². The highest BCUT2D eigenvalue weighted by molar-refractivity contribution is 7.03. The molecule has 0 saturated carbocycles. The molecule has 2 aromatic heterocycles. The Kier molecular flexibility index (Phi) is 16.6. The topological polar surface area (TPSA) is 31.0 Å². The van der Waals surface area contributed by atoms with Gasteiger partial charge in [-0.1, -0.05) is 375 Å². The molecule has 586 valence electrons. The van der Waals surface area contributed by atoms with E-state index in [1.54, 1.807) is 0 Å². The number of aromatic nitrogens is 1. The second-order valence-electron chi connectivity index (χ2n) is 35.8. The van der Waals surface area contributed by atoms with E-state index >= 15 is 0 Å². The fourth-order valence-corrected chi connectivity index (χ4v) is 21.0. The van der Waals surface area contributed by atoms with Crippen LogP contribution in [0.15, 0.2) is 411 Å². The fourth-order valence-electron chi connectivity index (χ4n) is 21.0. The zero-order valence-electron chi connectivity index (χ0n) is 70.0. The zero-order valence-corrected chi connectivity index (χ0v) is 70.0. The summed E-state index contributed by atoms with van der Waals surface area (Å²) in [5.74, 6) is 0. The molecular weight excluding hydrogens is 1500 g/mol. The van der Waals surface area contributed by atoms with Crippen LogP contribution in [-0.2, 0) is 10.8 Å². The number of hydrogen-bond acceptors (Lipinski definition) is 5. The van der Waals surface area contributed by atoms with Gasteiger partial charge in [0.05, 0.1) is 33.8 Å². The molecule has 0 aliphatic carbocycles. The van der Waals surface area contributed by atoms with Gasteiger partial charge in [-0.05, 0) is 161 Å². The average Bonchev–Trinajstić information content (AvgIpc) is 0.747. The van der Waals surface area contributed by atoms with Crippen LogP contribution in [0.5, 0.6) is 0 Å². The summed E-state index contributed by atoms with van der Waals surface area (Å²) in [6.45, 7) is 13.7. The van der Waals surface area contributed by atoms with Gasteiger partial charge in [0.1, 0.15) is 5.58 Å². The van der Waals surface area contributed by atoms with Gasteiger partial charge >= 0.3 is 0 Å². The van der Waals surface area contributed by atoms with Crippen molar-refractivity contribution in [3.05, 3.63) is 418 Å². The van der Waals surface area contributed by atoms with Crippen molar-refractivity contribution in [3.8, 4) is 72.4 Å². The SMILES string of the molecule is CC(C)(C)c1cc2c3c(c1)N(c1c(-c4ccccc4)cccc1-c1ccccc1)c1cc4c(cc1B3c1ccc(-n3c5ccccc5c5ccccc53)cc1N2c1c(-c2ccccc2)cccc1-c1ccccc1)B1c2ccccc2N(c2cccc3c2oc2ccccc23)c2cc(C(C)(C)C)cc(c21)N4c1c(-c2ccccc2)cccc1-c1ccccc1. The van der Waals surface area contributed by atoms with E-state index in [2.05, 4.69) is 472 Å². The molecular formula is C116H85B2N5O. The Labute approximate surface area is 724 Å². The summed E-state index contributed by atoms with van der Waals surface area (Å²) in [7, 11) is 0. The van der Waals surface area contributed by atoms with Gasteiger partial charge in [0.25, 0.3) is 13.4 Å². The Morgan fingerprint density at radius 2 is 0.548 bits per heavy atom. The number of benzene rings is 18. The molecule has 24 rings (SSSR count). The van der Waals surface area contributed by atoms with Crippen LogP contribution in [-0.4, -0.2) is 18.0 Å². The second-order valence-corrected chi connectivity index (χ2v) is 35.8. The maximum absolute atomic E-state index is 7.24. The third kappa shape index (κ3) is 11.3. The first kappa shape index (κ1) is 72.9. The standard InChI is InChI=1S/C116H85B2N5O/c1-115(2,3)80-67-104-109-105(68-80)122(112-85(76-41-17-9-18-42-76)54-34-55-86(112)77-43-19-10-20-44-77)102-73-103-96(72-95(102)117(109)93-59-28-31-62-99(93)120(104)100-63-36-58-92-91-51-27-32-64-108(91)124-114(92)100)118-94-66-65-82(119-97-60-29-25-49-89(97)90-50-26-30-61-98(90)119)71-101(94)121(111-83(74-37-13-7-14-38-74)52-33-53-84(111)75-39-15-8-16-40-75)106-69-81(116(4,5)6)70-107(110(106)118)123(103)113-87(78-45-21-11-22-46-78)56-35-57-88(113)79-47-23-12-24-48-79/h7-73H,1-6H3. The van der Waals surface area contributed by atoms with E-state index in [0.29, 0.717) is 0 Å². The van der Waals surface area contributed by atoms with Gasteiger partial charge in [0.15, 0.2) is 5.58 Å². The van der Waals surface area contributed by atoms with Gasteiger partial charge < -0.3 is 28.6 Å². The molecule has 0 fully saturated rings. The number of para-hydroxylation sites is 8. The Bertz CT molecular complexity index is 7490. The summed E-state index contributed by atoms with van der Waals surface area (Å²) in [4.78, 5) is 10.8. The largest absolute Gasteiger partial charge is 0.454 e. The fraction of sp³-hybridized carbons (Fsp3) is 0.0690. The van der Waals surface area contributed by atoms with Gasteiger partial charge in [-0.25, -0.2) is 0 Å². The van der Waals surface area contributed by atoms with Crippen LogP contribution in [0.3, 0.4) is 0 Å². The Morgan fingerprint density at radius 1 is 0.226 bits per heavy atom. The lowest BCUT2D eigenvalue weighted by Gasteiger charge is -2.49. The van der Waals surface area contributed by atoms with Crippen LogP contribution in [0, 0.1) is 0 Å². The molecule has 6 nitrogen and oxygen atoms in total. The highest BCUT2D eigenvalue weighted by atomic mass is 16.3. The third-order valence-electron chi connectivity index (χ3n) is 26.6. The summed E-state index contributed by atoms with van der Waals surface area (Å²) < 4.78 is 9.75. The number of fused-ring (bicyclic) bond motifs is 14. The highest BCUT2D eigenvalue weighted by Gasteiger charge is 2.51. The van der Waals surface area contributed by atoms with Crippen LogP contribution in [0.1, 0.15) is 52.7 Å². The molecule has 18 aromatic carbocycles. The van der Waals surface area contributed by atoms with Crippen molar-refractivity contribution >= 4 is 158 Å². The first-order valence-corrected chi connectivity index (χ1v) is 43.4. The highest BCUT2D eigenvalue weighted by Crippen LogP contribution is 2.58. The molecule has 0 atom stereocenters. The number of rotatable bonds is 11. The van der Waals surface area contributed by atoms with Crippen molar-refractivity contribution in [1.82, 2.24) is 4.57 Å². The molecule has 124 heavy (non-hydrogen) atoms. The van der Waals surface area contributed by atoms with Crippen LogP contribution >= 0.6 is 0 Å². The molecule has 0 bridgehead atoms. The van der Waals surface area contributed by atoms with E-state index in [4.69, 9.17) is 4.42 Å². The minimum atomic E-state index is -0.391. The summed E-state index contributed by atoms with van der Waals surface area (Å²) in [5.41, 5.74) is 40.6. The minimum absolute atomic E-state index is 0.320. The molecule has 4 aliphatic heterocycles. The summed E-state index contributed by atoms with van der Waals surface area (Å²) in [6.07, 6.45) is 0. The average molecular weight is 1590 g/mol. The number of hydrogen-bond donors (Lipinski definition) is 0. The van der Waals surface area contributed by atoms with Crippen molar-refractivity contribution in [2.45, 2.75) is 52.4 Å². The van der Waals surface area contributed by atoms with E-state index in [0.717, 1.165) is 174 Å². The monoisotopic (exact) mass is 1590 g/mol. The van der Waals surface area contributed by atoms with Crippen molar-refractivity contribution < 1.29 is 4.42 Å². The molecule has 0 saturated heterocycles. The van der Waals surface area contributed by atoms with Crippen molar-refractivity contribution in [3.63, 3.8) is 0 Å². The molecule has 20 aromatic rings. The number of furan rings is 1. The Balaban J connectivity index is 0.897. The van der Waals surface area contributed by atoms with E-state index in [9.17, 15) is 0 Å². The van der Waals surface area contributed by atoms with Crippen LogP contribution in [0.25, 0.3) is 116 Å². The smallest absolute Gasteiger partial charge is 0.252 e. The van der Waals surface area contributed by atoms with Gasteiger partial charge in [0, 0.05) is 106 Å². The Morgan fingerprint density at radius 3 is 0.960 bits per heavy atom. The molecule has 0 spiro atoms. The van der Waals surface area contributed by atoms with Crippen LogP contribution in [0.2, 0.25) is 0 Å². The molecule has 6 heterocycles. The second kappa shape index (κ2) is 28.3. The molecule has 0 radical (unpaired) electrons. The lowest BCUT2D eigenvalue weighted by atomic mass is 9.30. The number of nitrogens with zero attached hydrogens (tertiary/aromatic N) is 5. The van der Waals surface area contributed by atoms with E-state index < -0.39 is 5.41 Å². The van der Waals surface area contributed by atoms with Crippen LogP contribution < -0.4 is 52.4 Å². The zero-order chi connectivity index (χ0) is 82.8. The molecule has 4 aliphatic rings. The summed E-state index contributed by atoms with van der Waals surface area (Å²) in [5, 5.41) is 4.59. The van der Waals surface area contributed by atoms with E-state index in [1.165, 1.54) is 54.7 Å². The van der Waals surface area contributed by atoms with Crippen molar-refractivity contribution in [2.75, 3.05) is 19.6 Å². The lowest BCUT2D eigenvalue weighted by molar-refractivity contribution is 0.590. The molecule has 8 heteroatoms. The summed E-state index contributed by atoms with van der Waals surface area (Å²) >= 11 is 0. The third-order valence-corrected chi connectivity index (χ3v) is 26.6. The quantitative estimate of drug-likeness (QED) is 0.120. The molecule has 0 N–H and O–H groups in total. The maximum Gasteiger partial charge on any atom is 0.252 e. The minimum Gasteiger partial charge on any atom is -0.454 e. The van der Waals surface area contributed by atoms with E-state index in [1.807, 2.05) is 0 Å². The summed E-state index contributed by atoms with van der Waals surface area (Å²) in [6, 6.07) is 154. The predicted octanol–water partition coefficient (Wildman–Crippen LogP) is 27.4. The van der Waals surface area contributed by atoms with Gasteiger partial charge in [-0.15, -0.1) is 0 Å². The van der Waals surface area contributed by atoms with Gasteiger partial charge in [0.2, 0.25) is 0 Å². The molecule has 0 amide bonds. The van der Waals surface area contributed by atoms with Crippen LogP contribution in [0.4, 0.5) is 68.2 Å². The molecule has 0 unspecified atom stereocenters. The first-order valence-electron chi connectivity index (χ1n) is 43.4. The normalized spacial score (nSPS) is 13.1. The number of anilines is 12. The first-order chi connectivity index (χ1) is 60.9. The predicted molar refractivity (Wildman–Crippen MR) is 526 cm³/mol. The van der Waals surface area contributed by atoms with Crippen molar-refractivity contribution in [1.29, 1.82) is 0 Å². The Hall–Kier alpha value is -15.1.